The predicted octanol–water partition coefficient (Wildman–Crippen LogP) is 2.21. The molecule has 18 heavy (non-hydrogen) atoms. The number of ether oxygens (including phenoxy) is 1. The van der Waals surface area contributed by atoms with Crippen LogP contribution >= 0.6 is 12.2 Å². The van der Waals surface area contributed by atoms with E-state index in [0.717, 1.165) is 38.3 Å². The zero-order chi connectivity index (χ0) is 12.8. The Labute approximate surface area is 114 Å². The Morgan fingerprint density at radius 2 is 2.17 bits per heavy atom. The number of likely N-dealkylation sites (tertiary alicyclic amines) is 1. The van der Waals surface area contributed by atoms with E-state index in [1.165, 1.54) is 6.42 Å². The van der Waals surface area contributed by atoms with Gasteiger partial charge in [0.15, 0.2) is 0 Å². The highest BCUT2D eigenvalue weighted by Crippen LogP contribution is 2.17. The van der Waals surface area contributed by atoms with Gasteiger partial charge in [-0.15, -0.1) is 0 Å². The van der Waals surface area contributed by atoms with Gasteiger partial charge in [-0.05, 0) is 37.9 Å². The molecule has 3 nitrogen and oxygen atoms in total. The number of benzene rings is 1. The fraction of sp³-hybridized carbons (Fsp3) is 0.500. The predicted molar refractivity (Wildman–Crippen MR) is 77.9 cm³/mol. The minimum atomic E-state index is 0.303. The maximum atomic E-state index is 5.74. The third kappa shape index (κ3) is 3.68. The Balaban J connectivity index is 1.68. The van der Waals surface area contributed by atoms with Gasteiger partial charge in [-0.2, -0.15) is 0 Å². The van der Waals surface area contributed by atoms with Crippen LogP contribution in [0, 0.1) is 0 Å². The minimum Gasteiger partial charge on any atom is -0.494 e. The Morgan fingerprint density at radius 3 is 2.89 bits per heavy atom. The van der Waals surface area contributed by atoms with Crippen molar-refractivity contribution in [1.29, 1.82) is 0 Å². The first-order valence-electron chi connectivity index (χ1n) is 6.48. The first-order chi connectivity index (χ1) is 8.77. The summed E-state index contributed by atoms with van der Waals surface area (Å²) in [5, 5.41) is 0. The molecule has 0 aliphatic carbocycles. The zero-order valence-corrected chi connectivity index (χ0v) is 11.4. The van der Waals surface area contributed by atoms with E-state index in [0.29, 0.717) is 11.0 Å². The van der Waals surface area contributed by atoms with Crippen molar-refractivity contribution in [3.05, 3.63) is 30.3 Å². The van der Waals surface area contributed by atoms with Crippen LogP contribution < -0.4 is 10.5 Å². The molecule has 1 aliphatic rings. The molecule has 1 aromatic carbocycles. The third-order valence-electron chi connectivity index (χ3n) is 3.29. The van der Waals surface area contributed by atoms with Gasteiger partial charge in [0.2, 0.25) is 0 Å². The second-order valence-electron chi connectivity index (χ2n) is 4.61. The number of hydrogen-bond donors (Lipinski definition) is 1. The molecule has 0 radical (unpaired) electrons. The SMILES string of the molecule is NC(=S)C1CCCN1CCCOc1ccccc1. The highest BCUT2D eigenvalue weighted by atomic mass is 32.1. The second kappa shape index (κ2) is 6.71. The molecule has 1 unspecified atom stereocenters. The van der Waals surface area contributed by atoms with Crippen molar-refractivity contribution in [2.24, 2.45) is 5.73 Å². The van der Waals surface area contributed by atoms with Gasteiger partial charge in [-0.3, -0.25) is 4.90 Å². The maximum absolute atomic E-state index is 5.74. The topological polar surface area (TPSA) is 38.5 Å². The number of thiocarbonyl (C=S) groups is 1. The molecule has 0 saturated carbocycles. The van der Waals surface area contributed by atoms with Crippen LogP contribution in [-0.4, -0.2) is 35.6 Å². The van der Waals surface area contributed by atoms with Crippen LogP contribution in [0.3, 0.4) is 0 Å². The van der Waals surface area contributed by atoms with Gasteiger partial charge in [0.1, 0.15) is 5.75 Å². The van der Waals surface area contributed by atoms with Gasteiger partial charge in [0.05, 0.1) is 17.6 Å². The van der Waals surface area contributed by atoms with Crippen molar-refractivity contribution in [3.8, 4) is 5.75 Å². The van der Waals surface area contributed by atoms with Gasteiger partial charge in [-0.25, -0.2) is 0 Å². The molecular weight excluding hydrogens is 244 g/mol. The average molecular weight is 264 g/mol. The zero-order valence-electron chi connectivity index (χ0n) is 10.5. The van der Waals surface area contributed by atoms with Crippen molar-refractivity contribution in [1.82, 2.24) is 4.90 Å². The first-order valence-corrected chi connectivity index (χ1v) is 6.89. The van der Waals surface area contributed by atoms with Gasteiger partial charge in [0.25, 0.3) is 0 Å². The number of rotatable bonds is 6. The van der Waals surface area contributed by atoms with Crippen LogP contribution in [0.15, 0.2) is 30.3 Å². The van der Waals surface area contributed by atoms with E-state index < -0.39 is 0 Å². The number of para-hydroxylation sites is 1. The molecular formula is C14H20N2OS. The summed E-state index contributed by atoms with van der Waals surface area (Å²) in [5.41, 5.74) is 5.74. The van der Waals surface area contributed by atoms with Crippen molar-refractivity contribution in [2.75, 3.05) is 19.7 Å². The summed E-state index contributed by atoms with van der Waals surface area (Å²) >= 11 is 5.09. The Bertz CT molecular complexity index is 383. The third-order valence-corrected chi connectivity index (χ3v) is 3.57. The standard InChI is InChI=1S/C14H20N2OS/c15-14(18)13-8-4-9-16(13)10-5-11-17-12-6-2-1-3-7-12/h1-3,6-7,13H,4-5,8-11H2,(H2,15,18). The fourth-order valence-electron chi connectivity index (χ4n) is 2.39. The number of nitrogens with two attached hydrogens (primary N) is 1. The molecule has 0 amide bonds. The average Bonchev–Trinajstić information content (AvgIpc) is 2.84. The molecule has 4 heteroatoms. The summed E-state index contributed by atoms with van der Waals surface area (Å²) in [6.45, 7) is 2.85. The molecule has 0 spiro atoms. The van der Waals surface area contributed by atoms with Crippen LogP contribution in [0.25, 0.3) is 0 Å². The van der Waals surface area contributed by atoms with E-state index >= 15 is 0 Å². The lowest BCUT2D eigenvalue weighted by atomic mass is 10.2. The van der Waals surface area contributed by atoms with Crippen LogP contribution in [-0.2, 0) is 0 Å². The quantitative estimate of drug-likeness (QED) is 0.631. The minimum absolute atomic E-state index is 0.303. The normalized spacial score (nSPS) is 19.9. The molecule has 1 saturated heterocycles. The van der Waals surface area contributed by atoms with Crippen molar-refractivity contribution >= 4 is 17.2 Å². The highest BCUT2D eigenvalue weighted by molar-refractivity contribution is 7.80. The molecule has 1 aromatic rings. The fourth-order valence-corrected chi connectivity index (χ4v) is 2.66. The molecule has 1 atom stereocenters. The molecule has 0 aromatic heterocycles. The van der Waals surface area contributed by atoms with Crippen molar-refractivity contribution in [2.45, 2.75) is 25.3 Å². The maximum Gasteiger partial charge on any atom is 0.119 e. The molecule has 1 aliphatic heterocycles. The monoisotopic (exact) mass is 264 g/mol. The highest BCUT2D eigenvalue weighted by Gasteiger charge is 2.25. The van der Waals surface area contributed by atoms with Gasteiger partial charge in [-0.1, -0.05) is 30.4 Å². The molecule has 1 fully saturated rings. The second-order valence-corrected chi connectivity index (χ2v) is 5.08. The van der Waals surface area contributed by atoms with E-state index in [1.807, 2.05) is 30.3 Å². The van der Waals surface area contributed by atoms with E-state index in [-0.39, 0.29) is 0 Å². The molecule has 0 bridgehead atoms. The molecule has 1 heterocycles. The van der Waals surface area contributed by atoms with E-state index in [9.17, 15) is 0 Å². The lowest BCUT2D eigenvalue weighted by molar-refractivity contribution is 0.248. The summed E-state index contributed by atoms with van der Waals surface area (Å²) in [5.74, 6) is 0.935. The van der Waals surface area contributed by atoms with Crippen LogP contribution in [0.4, 0.5) is 0 Å². The van der Waals surface area contributed by atoms with Gasteiger partial charge >= 0.3 is 0 Å². The van der Waals surface area contributed by atoms with E-state index in [1.54, 1.807) is 0 Å². The van der Waals surface area contributed by atoms with Crippen LogP contribution in [0.1, 0.15) is 19.3 Å². The Hall–Kier alpha value is -1.13. The van der Waals surface area contributed by atoms with E-state index in [2.05, 4.69) is 4.90 Å². The lowest BCUT2D eigenvalue weighted by Crippen LogP contribution is -2.39. The largest absolute Gasteiger partial charge is 0.494 e. The number of nitrogens with zero attached hydrogens (tertiary/aromatic N) is 1. The summed E-state index contributed by atoms with van der Waals surface area (Å²) < 4.78 is 5.67. The molecule has 2 N–H and O–H groups in total. The van der Waals surface area contributed by atoms with Gasteiger partial charge < -0.3 is 10.5 Å². The van der Waals surface area contributed by atoms with E-state index in [4.69, 9.17) is 22.7 Å². The lowest BCUT2D eigenvalue weighted by Gasteiger charge is -2.23. The van der Waals surface area contributed by atoms with Crippen LogP contribution in [0.2, 0.25) is 0 Å². The Morgan fingerprint density at radius 1 is 1.39 bits per heavy atom. The summed E-state index contributed by atoms with van der Waals surface area (Å²) in [4.78, 5) is 3.01. The van der Waals surface area contributed by atoms with Crippen LogP contribution in [0.5, 0.6) is 5.75 Å². The van der Waals surface area contributed by atoms with Gasteiger partial charge in [0, 0.05) is 6.54 Å². The Kier molecular flexibility index (Phi) is 4.96. The molecule has 2 rings (SSSR count). The molecule has 98 valence electrons. The number of hydrogen-bond acceptors (Lipinski definition) is 3. The summed E-state index contributed by atoms with van der Waals surface area (Å²) in [7, 11) is 0. The summed E-state index contributed by atoms with van der Waals surface area (Å²) in [6.07, 6.45) is 3.31. The van der Waals surface area contributed by atoms with Crippen molar-refractivity contribution < 1.29 is 4.74 Å². The summed E-state index contributed by atoms with van der Waals surface area (Å²) in [6, 6.07) is 10.2. The van der Waals surface area contributed by atoms with Crippen molar-refractivity contribution in [3.63, 3.8) is 0 Å². The smallest absolute Gasteiger partial charge is 0.119 e. The first kappa shape index (κ1) is 13.3.